The van der Waals surface area contributed by atoms with Crippen LogP contribution in [0.2, 0.25) is 0 Å². The van der Waals surface area contributed by atoms with Gasteiger partial charge in [-0.05, 0) is 17.7 Å². The number of nitrogens with zero attached hydrogens (tertiary/aromatic N) is 5. The van der Waals surface area contributed by atoms with E-state index in [-0.39, 0.29) is 29.6 Å². The molecule has 1 aromatic heterocycles. The maximum atomic E-state index is 9.35. The summed E-state index contributed by atoms with van der Waals surface area (Å²) in [4.78, 5) is 10.6. The van der Waals surface area contributed by atoms with E-state index in [4.69, 9.17) is 21.8 Å². The molecule has 10 nitrogen and oxygen atoms in total. The van der Waals surface area contributed by atoms with E-state index in [0.717, 1.165) is 11.3 Å². The van der Waals surface area contributed by atoms with Crippen molar-refractivity contribution in [2.24, 2.45) is 4.99 Å². The third kappa shape index (κ3) is 3.32. The van der Waals surface area contributed by atoms with Gasteiger partial charge in [-0.1, -0.05) is 12.1 Å². The van der Waals surface area contributed by atoms with Crippen molar-refractivity contribution < 1.29 is 5.11 Å². The first-order valence-corrected chi connectivity index (χ1v) is 8.41. The standard InChI is InChI=1S/C18H19N9O/c1-27(6-7-28)11-4-2-10(3-5-11)15-13-14(21)12(8-19)16(22)25-17(13)26-18(24-15)23-9-20/h2-5,15,28H,6-7H2,1H3,(H6,21,22,23,24,25,26). The average Bonchev–Trinajstić information content (AvgIpc) is 2.68. The van der Waals surface area contributed by atoms with Gasteiger partial charge in [-0.3, -0.25) is 5.32 Å². The maximum Gasteiger partial charge on any atom is 0.211 e. The van der Waals surface area contributed by atoms with Crippen molar-refractivity contribution in [1.29, 1.82) is 10.5 Å². The maximum absolute atomic E-state index is 9.35. The van der Waals surface area contributed by atoms with Crippen LogP contribution >= 0.6 is 0 Å². The number of aromatic nitrogens is 1. The van der Waals surface area contributed by atoms with Gasteiger partial charge in [0.25, 0.3) is 0 Å². The number of nitrogen functional groups attached to an aromatic ring is 2. The number of aliphatic hydroxyl groups excluding tert-OH is 1. The highest BCUT2D eigenvalue weighted by Crippen LogP contribution is 2.40. The molecule has 10 heteroatoms. The van der Waals surface area contributed by atoms with Gasteiger partial charge < -0.3 is 26.8 Å². The lowest BCUT2D eigenvalue weighted by molar-refractivity contribution is 0.304. The Morgan fingerprint density at radius 2 is 2.00 bits per heavy atom. The number of rotatable bonds is 4. The van der Waals surface area contributed by atoms with E-state index in [9.17, 15) is 5.26 Å². The lowest BCUT2D eigenvalue weighted by Gasteiger charge is -2.26. The van der Waals surface area contributed by atoms with Gasteiger partial charge in [0.1, 0.15) is 29.3 Å². The molecule has 0 spiro atoms. The molecule has 0 aliphatic carbocycles. The summed E-state index contributed by atoms with van der Waals surface area (Å²) in [5.41, 5.74) is 14.6. The third-order valence-corrected chi connectivity index (χ3v) is 4.44. The smallest absolute Gasteiger partial charge is 0.211 e. The largest absolute Gasteiger partial charge is 0.397 e. The van der Waals surface area contributed by atoms with Gasteiger partial charge in [-0.2, -0.15) is 10.5 Å². The molecule has 1 unspecified atom stereocenters. The van der Waals surface area contributed by atoms with Crippen LogP contribution in [-0.4, -0.2) is 36.2 Å². The number of hydrogen-bond donors (Lipinski definition) is 5. The number of anilines is 4. The number of benzene rings is 1. The molecule has 1 atom stereocenters. The second-order valence-corrected chi connectivity index (χ2v) is 6.14. The highest BCUT2D eigenvalue weighted by atomic mass is 16.3. The number of fused-ring (bicyclic) bond motifs is 1. The Hall–Kier alpha value is -4.02. The zero-order valence-electron chi connectivity index (χ0n) is 15.1. The molecule has 7 N–H and O–H groups in total. The molecule has 1 aliphatic rings. The quantitative estimate of drug-likeness (QED) is 0.375. The number of nitrogens with one attached hydrogen (secondary N) is 2. The Morgan fingerprint density at radius 3 is 2.61 bits per heavy atom. The number of aliphatic hydroxyl groups is 1. The zero-order chi connectivity index (χ0) is 20.3. The summed E-state index contributed by atoms with van der Waals surface area (Å²) in [5, 5.41) is 32.7. The first-order chi connectivity index (χ1) is 13.5. The van der Waals surface area contributed by atoms with E-state index in [1.807, 2.05) is 48.5 Å². The van der Waals surface area contributed by atoms with E-state index in [0.29, 0.717) is 17.9 Å². The molecule has 0 fully saturated rings. The van der Waals surface area contributed by atoms with Crippen LogP contribution in [0.15, 0.2) is 29.3 Å². The van der Waals surface area contributed by atoms with Crippen molar-refractivity contribution in [3.8, 4) is 12.3 Å². The van der Waals surface area contributed by atoms with E-state index in [2.05, 4.69) is 20.6 Å². The number of aliphatic imine (C=N–C) groups is 1. The van der Waals surface area contributed by atoms with Crippen LogP contribution in [0.4, 0.5) is 23.0 Å². The number of nitrogens with two attached hydrogens (primary N) is 2. The number of nitriles is 2. The Bertz CT molecular complexity index is 1000. The van der Waals surface area contributed by atoms with Crippen LogP contribution in [0.25, 0.3) is 0 Å². The molecule has 0 amide bonds. The summed E-state index contributed by atoms with van der Waals surface area (Å²) in [6.45, 7) is 0.555. The molecule has 3 rings (SSSR count). The highest BCUT2D eigenvalue weighted by Gasteiger charge is 2.29. The van der Waals surface area contributed by atoms with Crippen molar-refractivity contribution in [1.82, 2.24) is 10.3 Å². The molecule has 0 bridgehead atoms. The van der Waals surface area contributed by atoms with Crippen LogP contribution in [0.3, 0.4) is 0 Å². The van der Waals surface area contributed by atoms with Crippen LogP contribution in [0.1, 0.15) is 22.7 Å². The topological polar surface area (TPSA) is 172 Å². The fourth-order valence-corrected chi connectivity index (χ4v) is 3.01. The van der Waals surface area contributed by atoms with E-state index in [1.54, 1.807) is 0 Å². The number of pyridine rings is 1. The molecule has 142 valence electrons. The molecule has 0 saturated heterocycles. The fourth-order valence-electron chi connectivity index (χ4n) is 3.01. The monoisotopic (exact) mass is 377 g/mol. The summed E-state index contributed by atoms with van der Waals surface area (Å²) in [6, 6.07) is 8.93. The van der Waals surface area contributed by atoms with Gasteiger partial charge >= 0.3 is 0 Å². The first-order valence-electron chi connectivity index (χ1n) is 8.41. The van der Waals surface area contributed by atoms with Crippen LogP contribution < -0.4 is 27.0 Å². The van der Waals surface area contributed by atoms with Gasteiger partial charge in [0.15, 0.2) is 6.19 Å². The average molecular weight is 377 g/mol. The number of hydrogen-bond acceptors (Lipinski definition) is 10. The lowest BCUT2D eigenvalue weighted by Crippen LogP contribution is -2.32. The Balaban J connectivity index is 2.10. The van der Waals surface area contributed by atoms with Gasteiger partial charge in [0, 0.05) is 24.8 Å². The Labute approximate surface area is 161 Å². The molecule has 1 aliphatic heterocycles. The molecule has 0 radical (unpaired) electrons. The summed E-state index contributed by atoms with van der Waals surface area (Å²) >= 11 is 0. The highest BCUT2D eigenvalue weighted by molar-refractivity contribution is 5.98. The number of guanidine groups is 1. The second kappa shape index (κ2) is 7.70. The first kappa shape index (κ1) is 18.8. The minimum absolute atomic E-state index is 0.00387. The summed E-state index contributed by atoms with van der Waals surface area (Å²) in [7, 11) is 1.88. The van der Waals surface area contributed by atoms with Gasteiger partial charge in [0.2, 0.25) is 5.96 Å². The molecular weight excluding hydrogens is 358 g/mol. The van der Waals surface area contributed by atoms with E-state index in [1.165, 1.54) is 0 Å². The Morgan fingerprint density at radius 1 is 1.29 bits per heavy atom. The predicted molar refractivity (Wildman–Crippen MR) is 106 cm³/mol. The van der Waals surface area contributed by atoms with Crippen LogP contribution in [0.5, 0.6) is 0 Å². The van der Waals surface area contributed by atoms with Crippen LogP contribution in [-0.2, 0) is 0 Å². The molecule has 2 aromatic rings. The second-order valence-electron chi connectivity index (χ2n) is 6.14. The SMILES string of the molecule is CN(CCO)c1ccc(C2N=C(NC#N)Nc3nc(N)c(C#N)c(N)c32)cc1. The minimum Gasteiger partial charge on any atom is -0.397 e. The molecule has 28 heavy (non-hydrogen) atoms. The van der Waals surface area contributed by atoms with Crippen LogP contribution in [0, 0.1) is 22.8 Å². The van der Waals surface area contributed by atoms with Gasteiger partial charge in [-0.15, -0.1) is 0 Å². The summed E-state index contributed by atoms with van der Waals surface area (Å²) in [6.07, 6.45) is 1.81. The zero-order valence-corrected chi connectivity index (χ0v) is 15.1. The third-order valence-electron chi connectivity index (χ3n) is 4.44. The van der Waals surface area contributed by atoms with Crippen molar-refractivity contribution in [3.05, 3.63) is 41.0 Å². The van der Waals surface area contributed by atoms with Gasteiger partial charge in [0.05, 0.1) is 12.3 Å². The van der Waals surface area contributed by atoms with Gasteiger partial charge in [-0.25, -0.2) is 9.98 Å². The lowest BCUT2D eigenvalue weighted by atomic mass is 9.95. The number of likely N-dealkylation sites (N-methyl/N-ethyl adjacent to an activating group) is 1. The minimum atomic E-state index is -0.579. The molecule has 0 saturated carbocycles. The molecule has 2 heterocycles. The normalized spacial score (nSPS) is 14.7. The summed E-state index contributed by atoms with van der Waals surface area (Å²) < 4.78 is 0. The molecular formula is C18H19N9O. The fraction of sp³-hybridized carbons (Fsp3) is 0.222. The molecule has 1 aromatic carbocycles. The predicted octanol–water partition coefficient (Wildman–Crippen LogP) is 0.488. The van der Waals surface area contributed by atoms with Crippen molar-refractivity contribution in [2.45, 2.75) is 6.04 Å². The van der Waals surface area contributed by atoms with E-state index >= 15 is 0 Å². The van der Waals surface area contributed by atoms with Crippen molar-refractivity contribution >= 4 is 29.0 Å². The van der Waals surface area contributed by atoms with E-state index < -0.39 is 6.04 Å². The van der Waals surface area contributed by atoms with Crippen molar-refractivity contribution in [3.63, 3.8) is 0 Å². The Kier molecular flexibility index (Phi) is 5.16. The van der Waals surface area contributed by atoms with Crippen molar-refractivity contribution in [2.75, 3.05) is 41.9 Å². The summed E-state index contributed by atoms with van der Waals surface area (Å²) in [5.74, 6) is 0.551.